The molecule has 0 aromatic rings. The topological polar surface area (TPSA) is 159 Å². The maximum Gasteiger partial charge on any atom is 0.349 e. The van der Waals surface area contributed by atoms with Gasteiger partial charge in [-0.1, -0.05) is 27.7 Å². The maximum absolute atomic E-state index is 12.3. The number of nitrogens with zero attached hydrogens (tertiary/aromatic N) is 1. The van der Waals surface area contributed by atoms with E-state index in [1.807, 2.05) is 13.8 Å². The summed E-state index contributed by atoms with van der Waals surface area (Å²) in [5.41, 5.74) is 5.69. The Kier molecular flexibility index (Phi) is 9.81. The Morgan fingerprint density at radius 3 is 2.04 bits per heavy atom. The molecule has 0 fully saturated rings. The fraction of sp³-hybridized carbons (Fsp3) is 0.750. The summed E-state index contributed by atoms with van der Waals surface area (Å²) in [6, 6.07) is -3.84. The highest BCUT2D eigenvalue weighted by molar-refractivity contribution is 5.90. The lowest BCUT2D eigenvalue weighted by Gasteiger charge is -2.29. The van der Waals surface area contributed by atoms with Crippen LogP contribution in [-0.2, 0) is 24.0 Å². The van der Waals surface area contributed by atoms with Gasteiger partial charge in [0.2, 0.25) is 5.91 Å². The van der Waals surface area contributed by atoms with Gasteiger partial charge in [-0.05, 0) is 18.3 Å². The van der Waals surface area contributed by atoms with Crippen LogP contribution < -0.4 is 11.1 Å². The lowest BCUT2D eigenvalue weighted by atomic mass is 10.0. The summed E-state index contributed by atoms with van der Waals surface area (Å²) in [6.07, 6.45) is 0.301. The first-order valence-electron chi connectivity index (χ1n) is 8.33. The molecule has 0 spiro atoms. The molecule has 26 heavy (non-hydrogen) atoms. The van der Waals surface area contributed by atoms with Crippen LogP contribution in [0.15, 0.2) is 0 Å². The molecule has 10 heteroatoms. The number of aliphatic hydroxyl groups excluding tert-OH is 1. The molecule has 0 saturated carbocycles. The van der Waals surface area contributed by atoms with Crippen molar-refractivity contribution in [3.63, 3.8) is 0 Å². The minimum absolute atomic E-state index is 0.0997. The van der Waals surface area contributed by atoms with Crippen LogP contribution in [0.3, 0.4) is 0 Å². The van der Waals surface area contributed by atoms with Gasteiger partial charge in [0.1, 0.15) is 12.1 Å². The summed E-state index contributed by atoms with van der Waals surface area (Å²) in [5.74, 6) is -4.32. The fourth-order valence-electron chi connectivity index (χ4n) is 2.14. The van der Waals surface area contributed by atoms with E-state index >= 15 is 0 Å². The van der Waals surface area contributed by atoms with Gasteiger partial charge in [-0.15, -0.1) is 0 Å². The second-order valence-electron chi connectivity index (χ2n) is 6.76. The Balaban J connectivity index is 5.28. The molecule has 0 heterocycles. The summed E-state index contributed by atoms with van der Waals surface area (Å²) in [5, 5.41) is 21.3. The van der Waals surface area contributed by atoms with E-state index in [1.54, 1.807) is 13.8 Å². The highest BCUT2D eigenvalue weighted by Gasteiger charge is 2.35. The summed E-state index contributed by atoms with van der Waals surface area (Å²) in [6.45, 7) is 7.02. The molecule has 0 aromatic heterocycles. The average Bonchev–Trinajstić information content (AvgIpc) is 2.50. The SMILES string of the molecule is CC(=O)N(OC(=O)[C@@H](N)CC(C)C)[C@@H](CO)C(=O)N[C@H](C(=O)O)C(C)C. The number of nitrogens with one attached hydrogen (secondary N) is 1. The highest BCUT2D eigenvalue weighted by Crippen LogP contribution is 2.10. The summed E-state index contributed by atoms with van der Waals surface area (Å²) in [4.78, 5) is 52.2. The average molecular weight is 375 g/mol. The number of carboxylic acid groups (broad SMARTS) is 1. The van der Waals surface area contributed by atoms with E-state index in [-0.39, 0.29) is 5.92 Å². The lowest BCUT2D eigenvalue weighted by molar-refractivity contribution is -0.210. The van der Waals surface area contributed by atoms with Gasteiger partial charge < -0.3 is 26.1 Å². The van der Waals surface area contributed by atoms with Gasteiger partial charge in [-0.3, -0.25) is 9.59 Å². The highest BCUT2D eigenvalue weighted by atomic mass is 16.7. The molecule has 5 N–H and O–H groups in total. The van der Waals surface area contributed by atoms with E-state index in [0.717, 1.165) is 6.92 Å². The summed E-state index contributed by atoms with van der Waals surface area (Å²) in [7, 11) is 0. The number of carbonyl (C=O) groups is 4. The van der Waals surface area contributed by atoms with E-state index in [2.05, 4.69) is 5.32 Å². The van der Waals surface area contributed by atoms with E-state index in [4.69, 9.17) is 15.7 Å². The van der Waals surface area contributed by atoms with Crippen LogP contribution in [0, 0.1) is 11.8 Å². The molecular weight excluding hydrogens is 346 g/mol. The number of hydroxylamine groups is 2. The molecule has 2 amide bonds. The fourth-order valence-corrected chi connectivity index (χ4v) is 2.14. The molecule has 0 unspecified atom stereocenters. The van der Waals surface area contributed by atoms with Gasteiger partial charge >= 0.3 is 11.9 Å². The number of hydrogen-bond donors (Lipinski definition) is 4. The van der Waals surface area contributed by atoms with Gasteiger partial charge in [0, 0.05) is 6.92 Å². The van der Waals surface area contributed by atoms with Crippen molar-refractivity contribution in [1.82, 2.24) is 10.4 Å². The molecule has 0 rings (SSSR count). The number of aliphatic hydroxyl groups is 1. The van der Waals surface area contributed by atoms with Crippen LogP contribution in [0.4, 0.5) is 0 Å². The van der Waals surface area contributed by atoms with Gasteiger partial charge in [0.25, 0.3) is 5.91 Å². The van der Waals surface area contributed by atoms with Crippen molar-refractivity contribution < 1.29 is 34.2 Å². The molecule has 0 bridgehead atoms. The number of amides is 2. The summed E-state index contributed by atoms with van der Waals surface area (Å²) >= 11 is 0. The molecule has 0 aliphatic carbocycles. The van der Waals surface area contributed by atoms with E-state index in [1.165, 1.54) is 0 Å². The van der Waals surface area contributed by atoms with Crippen molar-refractivity contribution in [3.05, 3.63) is 0 Å². The summed E-state index contributed by atoms with van der Waals surface area (Å²) < 4.78 is 0. The van der Waals surface area contributed by atoms with E-state index < -0.39 is 54.4 Å². The van der Waals surface area contributed by atoms with Crippen LogP contribution in [0.2, 0.25) is 0 Å². The predicted molar refractivity (Wildman–Crippen MR) is 91.3 cm³/mol. The molecule has 3 atom stereocenters. The first kappa shape index (κ1) is 23.8. The largest absolute Gasteiger partial charge is 0.480 e. The number of nitrogens with two attached hydrogens (primary N) is 1. The quantitative estimate of drug-likeness (QED) is 0.383. The number of hydrogen-bond acceptors (Lipinski definition) is 7. The Labute approximate surface area is 152 Å². The van der Waals surface area contributed by atoms with Crippen LogP contribution in [0.5, 0.6) is 0 Å². The monoisotopic (exact) mass is 375 g/mol. The third kappa shape index (κ3) is 7.36. The Morgan fingerprint density at radius 1 is 1.15 bits per heavy atom. The minimum atomic E-state index is -1.59. The van der Waals surface area contributed by atoms with Crippen LogP contribution in [0.25, 0.3) is 0 Å². The second-order valence-corrected chi connectivity index (χ2v) is 6.76. The van der Waals surface area contributed by atoms with Crippen molar-refractivity contribution in [2.75, 3.05) is 6.61 Å². The van der Waals surface area contributed by atoms with Crippen LogP contribution in [-0.4, -0.2) is 63.8 Å². The molecule has 0 aliphatic rings. The number of rotatable bonds is 9. The normalized spacial score (nSPS) is 14.5. The molecule has 10 nitrogen and oxygen atoms in total. The van der Waals surface area contributed by atoms with Crippen molar-refractivity contribution in [1.29, 1.82) is 0 Å². The number of aliphatic carboxylic acids is 1. The maximum atomic E-state index is 12.3. The lowest BCUT2D eigenvalue weighted by Crippen LogP contribution is -2.56. The Bertz CT molecular complexity index is 522. The zero-order valence-electron chi connectivity index (χ0n) is 15.8. The number of carbonyl (C=O) groups excluding carboxylic acids is 3. The second kappa shape index (κ2) is 10.7. The van der Waals surface area contributed by atoms with Crippen molar-refractivity contribution in [2.24, 2.45) is 17.6 Å². The van der Waals surface area contributed by atoms with Crippen LogP contribution >= 0.6 is 0 Å². The molecule has 0 saturated heterocycles. The first-order valence-corrected chi connectivity index (χ1v) is 8.33. The molecule has 0 radical (unpaired) electrons. The third-order valence-corrected chi connectivity index (χ3v) is 3.52. The molecule has 0 aromatic carbocycles. The standard InChI is InChI=1S/C16H29N3O7/c1-8(2)6-11(17)16(25)26-19(10(5)21)12(7-20)14(22)18-13(9(3)4)15(23)24/h8-9,11-13,20H,6-7,17H2,1-5H3,(H,18,22)(H,23,24)/t11-,12-,13-/m0/s1. The zero-order chi connectivity index (χ0) is 20.6. The predicted octanol–water partition coefficient (Wildman–Crippen LogP) is -0.747. The smallest absolute Gasteiger partial charge is 0.349 e. The minimum Gasteiger partial charge on any atom is -0.480 e. The third-order valence-electron chi connectivity index (χ3n) is 3.52. The Hall–Kier alpha value is -2.20. The van der Waals surface area contributed by atoms with Crippen molar-refractivity contribution in [2.45, 2.75) is 59.2 Å². The first-order chi connectivity index (χ1) is 11.9. The van der Waals surface area contributed by atoms with E-state index in [0.29, 0.717) is 11.5 Å². The van der Waals surface area contributed by atoms with Gasteiger partial charge in [-0.2, -0.15) is 5.06 Å². The molecule has 0 aliphatic heterocycles. The zero-order valence-corrected chi connectivity index (χ0v) is 15.8. The van der Waals surface area contributed by atoms with Gasteiger partial charge in [0.05, 0.1) is 6.61 Å². The molecular formula is C16H29N3O7. The van der Waals surface area contributed by atoms with Crippen molar-refractivity contribution >= 4 is 23.8 Å². The van der Waals surface area contributed by atoms with E-state index in [9.17, 15) is 24.3 Å². The Morgan fingerprint density at radius 2 is 1.69 bits per heavy atom. The van der Waals surface area contributed by atoms with Gasteiger partial charge in [0.15, 0.2) is 6.04 Å². The van der Waals surface area contributed by atoms with Crippen LogP contribution in [0.1, 0.15) is 41.0 Å². The molecule has 150 valence electrons. The number of carboxylic acids is 1. The van der Waals surface area contributed by atoms with Gasteiger partial charge in [-0.25, -0.2) is 9.59 Å². The van der Waals surface area contributed by atoms with Crippen molar-refractivity contribution in [3.8, 4) is 0 Å².